The minimum absolute atomic E-state index is 0.0120. The first-order valence-corrected chi connectivity index (χ1v) is 6.90. The minimum Gasteiger partial charge on any atom is -0.482 e. The van der Waals surface area contributed by atoms with Crippen LogP contribution in [0.4, 0.5) is 0 Å². The molecule has 0 aliphatic rings. The molecular weight excluding hydrogens is 268 g/mol. The molecule has 0 bridgehead atoms. The molecule has 17 heavy (non-hydrogen) atoms. The minimum atomic E-state index is -3.75. The van der Waals surface area contributed by atoms with Crippen molar-refractivity contribution in [2.45, 2.75) is 11.8 Å². The number of carbonyl (C=O) groups is 1. The van der Waals surface area contributed by atoms with Gasteiger partial charge in [-0.15, -0.1) is 0 Å². The van der Waals surface area contributed by atoms with Gasteiger partial charge in [0.2, 0.25) is 0 Å². The fourth-order valence-electron chi connectivity index (χ4n) is 1.13. The van der Waals surface area contributed by atoms with E-state index < -0.39 is 15.0 Å². The number of methoxy groups -OCH3 is 1. The molecule has 0 radical (unpaired) electrons. The molecule has 7 heteroatoms. The van der Waals surface area contributed by atoms with Gasteiger partial charge in [0.1, 0.15) is 5.75 Å². The number of rotatable bonds is 4. The van der Waals surface area contributed by atoms with Crippen molar-refractivity contribution >= 4 is 25.7 Å². The number of halogens is 1. The van der Waals surface area contributed by atoms with E-state index in [0.29, 0.717) is 11.3 Å². The van der Waals surface area contributed by atoms with Crippen LogP contribution in [0.15, 0.2) is 23.1 Å². The molecule has 0 aliphatic carbocycles. The first-order chi connectivity index (χ1) is 7.84. The molecule has 1 rings (SSSR count). The molecule has 0 aliphatic heterocycles. The molecule has 0 saturated carbocycles. The second-order valence-electron chi connectivity index (χ2n) is 3.23. The molecular formula is C10H11ClO5S. The van der Waals surface area contributed by atoms with E-state index in [2.05, 4.69) is 4.74 Å². The van der Waals surface area contributed by atoms with Crippen LogP contribution in [-0.4, -0.2) is 28.1 Å². The Bertz CT molecular complexity index is 523. The maximum Gasteiger partial charge on any atom is 0.343 e. The highest BCUT2D eigenvalue weighted by atomic mass is 35.7. The molecule has 0 spiro atoms. The van der Waals surface area contributed by atoms with E-state index in [1.165, 1.54) is 25.3 Å². The lowest BCUT2D eigenvalue weighted by Gasteiger charge is -2.08. The van der Waals surface area contributed by atoms with E-state index in [-0.39, 0.29) is 11.5 Å². The Morgan fingerprint density at radius 3 is 2.53 bits per heavy atom. The predicted molar refractivity (Wildman–Crippen MR) is 61.7 cm³/mol. The van der Waals surface area contributed by atoms with Crippen LogP contribution in [-0.2, 0) is 18.6 Å². The zero-order chi connectivity index (χ0) is 13.1. The molecule has 5 nitrogen and oxygen atoms in total. The number of ether oxygens (including phenoxy) is 2. The lowest BCUT2D eigenvalue weighted by molar-refractivity contribution is -0.142. The van der Waals surface area contributed by atoms with Crippen molar-refractivity contribution in [3.8, 4) is 5.75 Å². The van der Waals surface area contributed by atoms with Crippen LogP contribution in [0.25, 0.3) is 0 Å². The average molecular weight is 279 g/mol. The molecule has 0 N–H and O–H groups in total. The van der Waals surface area contributed by atoms with Crippen molar-refractivity contribution in [1.29, 1.82) is 0 Å². The summed E-state index contributed by atoms with van der Waals surface area (Å²) in [5, 5.41) is 0. The summed E-state index contributed by atoms with van der Waals surface area (Å²) in [6.07, 6.45) is 0. The molecule has 1 aromatic rings. The smallest absolute Gasteiger partial charge is 0.343 e. The van der Waals surface area contributed by atoms with Gasteiger partial charge >= 0.3 is 5.97 Å². The third-order valence-electron chi connectivity index (χ3n) is 2.00. The molecule has 0 unspecified atom stereocenters. The number of carbonyl (C=O) groups excluding carboxylic acids is 1. The summed E-state index contributed by atoms with van der Waals surface area (Å²) in [4.78, 5) is 10.8. The monoisotopic (exact) mass is 278 g/mol. The summed E-state index contributed by atoms with van der Waals surface area (Å²) in [6.45, 7) is 1.42. The van der Waals surface area contributed by atoms with Crippen LogP contribution >= 0.6 is 10.7 Å². The van der Waals surface area contributed by atoms with E-state index in [1.807, 2.05) is 0 Å². The number of esters is 1. The number of aryl methyl sites for hydroxylation is 1. The standard InChI is InChI=1S/C10H11ClO5S/c1-7-5-8(17(11,13)14)3-4-9(7)16-6-10(12)15-2/h3-5H,6H2,1-2H3. The summed E-state index contributed by atoms with van der Waals surface area (Å²) in [6, 6.07) is 4.12. The fourth-order valence-corrected chi connectivity index (χ4v) is 1.97. The molecule has 0 amide bonds. The topological polar surface area (TPSA) is 69.7 Å². The van der Waals surface area contributed by atoms with Crippen LogP contribution < -0.4 is 4.74 Å². The van der Waals surface area contributed by atoms with Crippen molar-refractivity contribution in [2.75, 3.05) is 13.7 Å². The largest absolute Gasteiger partial charge is 0.482 e. The molecule has 0 aromatic heterocycles. The van der Waals surface area contributed by atoms with Gasteiger partial charge in [-0.2, -0.15) is 0 Å². The van der Waals surface area contributed by atoms with E-state index in [1.54, 1.807) is 6.92 Å². The van der Waals surface area contributed by atoms with Crippen LogP contribution in [0.3, 0.4) is 0 Å². The molecule has 0 fully saturated rings. The Labute approximate surface area is 104 Å². The normalized spacial score (nSPS) is 11.0. The zero-order valence-electron chi connectivity index (χ0n) is 9.27. The Hall–Kier alpha value is -1.27. The highest BCUT2D eigenvalue weighted by Crippen LogP contribution is 2.23. The molecule has 0 saturated heterocycles. The average Bonchev–Trinajstić information content (AvgIpc) is 2.25. The lowest BCUT2D eigenvalue weighted by atomic mass is 10.2. The maximum absolute atomic E-state index is 11.1. The number of hydrogen-bond donors (Lipinski definition) is 0. The lowest BCUT2D eigenvalue weighted by Crippen LogP contribution is -2.13. The number of benzene rings is 1. The molecule has 0 heterocycles. The Morgan fingerprint density at radius 2 is 2.06 bits per heavy atom. The second kappa shape index (κ2) is 5.37. The Balaban J connectivity index is 2.88. The summed E-state index contributed by atoms with van der Waals surface area (Å²) >= 11 is 0. The highest BCUT2D eigenvalue weighted by molar-refractivity contribution is 8.13. The van der Waals surface area contributed by atoms with Crippen molar-refractivity contribution in [3.63, 3.8) is 0 Å². The van der Waals surface area contributed by atoms with Crippen molar-refractivity contribution < 1.29 is 22.7 Å². The van der Waals surface area contributed by atoms with Gasteiger partial charge in [-0.1, -0.05) is 0 Å². The first kappa shape index (κ1) is 13.8. The van der Waals surface area contributed by atoms with Gasteiger partial charge < -0.3 is 9.47 Å². The SMILES string of the molecule is COC(=O)COc1ccc(S(=O)(=O)Cl)cc1C. The van der Waals surface area contributed by atoms with Crippen molar-refractivity contribution in [1.82, 2.24) is 0 Å². The van der Waals surface area contributed by atoms with E-state index in [4.69, 9.17) is 15.4 Å². The quantitative estimate of drug-likeness (QED) is 0.616. The summed E-state index contributed by atoms with van der Waals surface area (Å²) in [5.74, 6) is -0.113. The van der Waals surface area contributed by atoms with Gasteiger partial charge in [0.05, 0.1) is 12.0 Å². The Morgan fingerprint density at radius 1 is 1.41 bits per heavy atom. The molecule has 94 valence electrons. The summed E-state index contributed by atoms with van der Waals surface area (Å²) in [5.41, 5.74) is 0.565. The second-order valence-corrected chi connectivity index (χ2v) is 5.80. The predicted octanol–water partition coefficient (Wildman–Crippen LogP) is 1.47. The third-order valence-corrected chi connectivity index (χ3v) is 3.35. The van der Waals surface area contributed by atoms with Gasteiger partial charge in [0, 0.05) is 10.7 Å². The Kier molecular flexibility index (Phi) is 4.36. The van der Waals surface area contributed by atoms with Gasteiger partial charge in [-0.25, -0.2) is 13.2 Å². The van der Waals surface area contributed by atoms with Crippen LogP contribution in [0, 0.1) is 6.92 Å². The first-order valence-electron chi connectivity index (χ1n) is 4.59. The van der Waals surface area contributed by atoms with Gasteiger partial charge in [0.25, 0.3) is 9.05 Å². The summed E-state index contributed by atoms with van der Waals surface area (Å²) < 4.78 is 31.7. The van der Waals surface area contributed by atoms with E-state index in [9.17, 15) is 13.2 Å². The van der Waals surface area contributed by atoms with Gasteiger partial charge in [-0.05, 0) is 30.7 Å². The van der Waals surface area contributed by atoms with Crippen molar-refractivity contribution in [2.24, 2.45) is 0 Å². The van der Waals surface area contributed by atoms with Crippen LogP contribution in [0.1, 0.15) is 5.56 Å². The fraction of sp³-hybridized carbons (Fsp3) is 0.300. The molecule has 1 aromatic carbocycles. The van der Waals surface area contributed by atoms with Gasteiger partial charge in [-0.3, -0.25) is 0 Å². The zero-order valence-corrected chi connectivity index (χ0v) is 10.8. The third kappa shape index (κ3) is 3.90. The molecule has 0 atom stereocenters. The summed E-state index contributed by atoms with van der Waals surface area (Å²) in [7, 11) is 2.69. The van der Waals surface area contributed by atoms with Crippen molar-refractivity contribution in [3.05, 3.63) is 23.8 Å². The van der Waals surface area contributed by atoms with Crippen LogP contribution in [0.2, 0.25) is 0 Å². The van der Waals surface area contributed by atoms with Crippen LogP contribution in [0.5, 0.6) is 5.75 Å². The maximum atomic E-state index is 11.1. The number of hydrogen-bond acceptors (Lipinski definition) is 5. The van der Waals surface area contributed by atoms with E-state index >= 15 is 0 Å². The van der Waals surface area contributed by atoms with Gasteiger partial charge in [0.15, 0.2) is 6.61 Å². The highest BCUT2D eigenvalue weighted by Gasteiger charge is 2.12. The van der Waals surface area contributed by atoms with E-state index in [0.717, 1.165) is 0 Å².